The van der Waals surface area contributed by atoms with Crippen molar-refractivity contribution in [2.24, 2.45) is 5.73 Å². The number of hydrogen-bond acceptors (Lipinski definition) is 4. The molecule has 0 radical (unpaired) electrons. The first-order valence-corrected chi connectivity index (χ1v) is 6.61. The standard InChI is InChI=1S/C7H11ClN2O2S2/c1-5(4-9)10-14(11,12)7-3-2-6(8)13-7/h2-3,5,10H,4,9H2,1H3/t5-/m1/s1. The first-order chi connectivity index (χ1) is 6.45. The van der Waals surface area contributed by atoms with Crippen LogP contribution < -0.4 is 10.5 Å². The smallest absolute Gasteiger partial charge is 0.250 e. The molecule has 7 heteroatoms. The highest BCUT2D eigenvalue weighted by Crippen LogP contribution is 2.25. The number of sulfonamides is 1. The van der Waals surface area contributed by atoms with E-state index in [2.05, 4.69) is 4.72 Å². The van der Waals surface area contributed by atoms with Crippen LogP contribution in [0, 0.1) is 0 Å². The van der Waals surface area contributed by atoms with E-state index in [9.17, 15) is 8.42 Å². The second-order valence-electron chi connectivity index (χ2n) is 2.82. The van der Waals surface area contributed by atoms with Crippen LogP contribution in [0.1, 0.15) is 6.92 Å². The van der Waals surface area contributed by atoms with Crippen LogP contribution in [0.5, 0.6) is 0 Å². The second kappa shape index (κ2) is 4.59. The fourth-order valence-corrected chi connectivity index (χ4v) is 3.57. The maximum absolute atomic E-state index is 11.6. The molecule has 4 nitrogen and oxygen atoms in total. The molecule has 0 amide bonds. The Morgan fingerprint density at radius 1 is 1.64 bits per heavy atom. The molecule has 1 rings (SSSR count). The van der Waals surface area contributed by atoms with E-state index in [0.29, 0.717) is 4.34 Å². The van der Waals surface area contributed by atoms with E-state index >= 15 is 0 Å². The summed E-state index contributed by atoms with van der Waals surface area (Å²) < 4.78 is 26.3. The van der Waals surface area contributed by atoms with Crippen LogP contribution in [-0.2, 0) is 10.0 Å². The van der Waals surface area contributed by atoms with Gasteiger partial charge in [0.1, 0.15) is 4.21 Å². The van der Waals surface area contributed by atoms with Crippen molar-refractivity contribution < 1.29 is 8.42 Å². The molecule has 0 saturated carbocycles. The van der Waals surface area contributed by atoms with Gasteiger partial charge < -0.3 is 5.73 Å². The van der Waals surface area contributed by atoms with Crippen molar-refractivity contribution in [3.05, 3.63) is 16.5 Å². The van der Waals surface area contributed by atoms with Crippen molar-refractivity contribution in [3.8, 4) is 0 Å². The highest BCUT2D eigenvalue weighted by Gasteiger charge is 2.18. The third-order valence-electron chi connectivity index (χ3n) is 1.52. The average molecular weight is 255 g/mol. The zero-order valence-corrected chi connectivity index (χ0v) is 9.92. The first kappa shape index (κ1) is 11.9. The van der Waals surface area contributed by atoms with Gasteiger partial charge in [-0.15, -0.1) is 11.3 Å². The molecule has 0 aliphatic rings. The number of nitrogens with one attached hydrogen (secondary N) is 1. The number of hydrogen-bond donors (Lipinski definition) is 2. The molecule has 0 fully saturated rings. The molecule has 0 aliphatic carbocycles. The second-order valence-corrected chi connectivity index (χ2v) is 6.47. The Labute approximate surface area is 92.1 Å². The van der Waals surface area contributed by atoms with Gasteiger partial charge in [0.15, 0.2) is 0 Å². The monoisotopic (exact) mass is 254 g/mol. The summed E-state index contributed by atoms with van der Waals surface area (Å²) in [6.45, 7) is 1.96. The molecule has 1 aromatic rings. The molecular weight excluding hydrogens is 244 g/mol. The van der Waals surface area contributed by atoms with Gasteiger partial charge in [0.2, 0.25) is 10.0 Å². The van der Waals surface area contributed by atoms with Crippen molar-refractivity contribution in [2.45, 2.75) is 17.2 Å². The van der Waals surface area contributed by atoms with Gasteiger partial charge in [0.05, 0.1) is 4.34 Å². The molecule has 14 heavy (non-hydrogen) atoms. The minimum atomic E-state index is -3.45. The molecule has 0 bridgehead atoms. The van der Waals surface area contributed by atoms with Crippen LogP contribution in [-0.4, -0.2) is 21.0 Å². The van der Waals surface area contributed by atoms with Crippen LogP contribution in [0.3, 0.4) is 0 Å². The third kappa shape index (κ3) is 2.93. The van der Waals surface area contributed by atoms with Gasteiger partial charge in [0.25, 0.3) is 0 Å². The minimum Gasteiger partial charge on any atom is -0.329 e. The summed E-state index contributed by atoms with van der Waals surface area (Å²) in [5.74, 6) is 0. The van der Waals surface area contributed by atoms with Gasteiger partial charge in [-0.2, -0.15) is 0 Å². The lowest BCUT2D eigenvalue weighted by atomic mass is 10.4. The summed E-state index contributed by atoms with van der Waals surface area (Å²) in [5, 5.41) is 0. The zero-order chi connectivity index (χ0) is 10.8. The van der Waals surface area contributed by atoms with Gasteiger partial charge >= 0.3 is 0 Å². The predicted molar refractivity (Wildman–Crippen MR) is 58.2 cm³/mol. The van der Waals surface area contributed by atoms with E-state index in [-0.39, 0.29) is 16.8 Å². The molecule has 0 saturated heterocycles. The van der Waals surface area contributed by atoms with Crippen LogP contribution in [0.4, 0.5) is 0 Å². The van der Waals surface area contributed by atoms with E-state index in [4.69, 9.17) is 17.3 Å². The summed E-state index contributed by atoms with van der Waals surface area (Å²) in [6.07, 6.45) is 0. The van der Waals surface area contributed by atoms with E-state index in [1.165, 1.54) is 6.07 Å². The lowest BCUT2D eigenvalue weighted by Crippen LogP contribution is -2.37. The van der Waals surface area contributed by atoms with Crippen molar-refractivity contribution in [2.75, 3.05) is 6.54 Å². The molecule has 0 spiro atoms. The number of rotatable bonds is 4. The lowest BCUT2D eigenvalue weighted by molar-refractivity contribution is 0.564. The summed E-state index contributed by atoms with van der Waals surface area (Å²) >= 11 is 6.66. The molecular formula is C7H11ClN2O2S2. The number of nitrogens with two attached hydrogens (primary N) is 1. The van der Waals surface area contributed by atoms with E-state index < -0.39 is 10.0 Å². The molecule has 1 heterocycles. The van der Waals surface area contributed by atoms with Gasteiger partial charge in [0, 0.05) is 12.6 Å². The van der Waals surface area contributed by atoms with Gasteiger partial charge in [-0.05, 0) is 19.1 Å². The fraction of sp³-hybridized carbons (Fsp3) is 0.429. The largest absolute Gasteiger partial charge is 0.329 e. The molecule has 1 aromatic heterocycles. The Kier molecular flexibility index (Phi) is 3.91. The molecule has 0 unspecified atom stereocenters. The van der Waals surface area contributed by atoms with Crippen LogP contribution in [0.25, 0.3) is 0 Å². The van der Waals surface area contributed by atoms with Crippen LogP contribution in [0.15, 0.2) is 16.3 Å². The molecule has 0 aliphatic heterocycles. The van der Waals surface area contributed by atoms with Crippen molar-refractivity contribution in [1.82, 2.24) is 4.72 Å². The van der Waals surface area contributed by atoms with Crippen molar-refractivity contribution in [1.29, 1.82) is 0 Å². The number of halogens is 1. The van der Waals surface area contributed by atoms with E-state index in [1.807, 2.05) is 0 Å². The van der Waals surface area contributed by atoms with Crippen LogP contribution >= 0.6 is 22.9 Å². The normalized spacial score (nSPS) is 14.2. The number of thiophene rings is 1. The summed E-state index contributed by atoms with van der Waals surface area (Å²) in [4.78, 5) is 0. The van der Waals surface area contributed by atoms with Crippen LogP contribution in [0.2, 0.25) is 4.34 Å². The predicted octanol–water partition coefficient (Wildman–Crippen LogP) is 1.03. The Balaban J connectivity index is 2.86. The molecule has 0 aromatic carbocycles. The van der Waals surface area contributed by atoms with Gasteiger partial charge in [-0.3, -0.25) is 0 Å². The topological polar surface area (TPSA) is 72.2 Å². The third-order valence-corrected chi connectivity index (χ3v) is 4.84. The summed E-state index contributed by atoms with van der Waals surface area (Å²) in [7, 11) is -3.45. The lowest BCUT2D eigenvalue weighted by Gasteiger charge is -2.09. The Hall–Kier alpha value is -0.140. The molecule has 1 atom stereocenters. The van der Waals surface area contributed by atoms with Gasteiger partial charge in [-0.25, -0.2) is 13.1 Å². The SMILES string of the molecule is C[C@H](CN)NS(=O)(=O)c1ccc(Cl)s1. The van der Waals surface area contributed by atoms with E-state index in [1.54, 1.807) is 13.0 Å². The highest BCUT2D eigenvalue weighted by atomic mass is 35.5. The Morgan fingerprint density at radius 3 is 2.71 bits per heavy atom. The summed E-state index contributed by atoms with van der Waals surface area (Å²) in [6, 6.07) is 2.74. The van der Waals surface area contributed by atoms with Crippen molar-refractivity contribution in [3.63, 3.8) is 0 Å². The Bertz CT molecular complexity index is 402. The average Bonchev–Trinajstić information content (AvgIpc) is 2.51. The maximum atomic E-state index is 11.6. The zero-order valence-electron chi connectivity index (χ0n) is 7.53. The Morgan fingerprint density at radius 2 is 2.29 bits per heavy atom. The minimum absolute atomic E-state index is 0.211. The van der Waals surface area contributed by atoms with Crippen molar-refractivity contribution >= 4 is 33.0 Å². The summed E-state index contributed by atoms with van der Waals surface area (Å²) in [5.41, 5.74) is 5.31. The molecule has 80 valence electrons. The quantitative estimate of drug-likeness (QED) is 0.843. The fourth-order valence-electron chi connectivity index (χ4n) is 0.813. The first-order valence-electron chi connectivity index (χ1n) is 3.93. The maximum Gasteiger partial charge on any atom is 0.250 e. The molecule has 3 N–H and O–H groups in total. The van der Waals surface area contributed by atoms with Gasteiger partial charge in [-0.1, -0.05) is 11.6 Å². The highest BCUT2D eigenvalue weighted by molar-refractivity contribution is 7.91. The van der Waals surface area contributed by atoms with E-state index in [0.717, 1.165) is 11.3 Å².